The molecule has 6 rings (SSSR count). The second-order valence-corrected chi connectivity index (χ2v) is 9.59. The molecule has 1 aliphatic carbocycles. The summed E-state index contributed by atoms with van der Waals surface area (Å²) < 4.78 is 35.9. The van der Waals surface area contributed by atoms with Gasteiger partial charge in [0.1, 0.15) is 16.7 Å². The van der Waals surface area contributed by atoms with Crippen molar-refractivity contribution in [3.63, 3.8) is 0 Å². The number of nitrogen functional groups attached to an aromatic ring is 1. The number of fused-ring (bicyclic) bond motifs is 1. The van der Waals surface area contributed by atoms with Gasteiger partial charge in [-0.15, -0.1) is 0 Å². The number of halogens is 2. The number of carbonyl (C=O) groups is 2. The van der Waals surface area contributed by atoms with Crippen LogP contribution in [0.2, 0.25) is 0 Å². The largest absolute Gasteiger partial charge is 0.452 e. The van der Waals surface area contributed by atoms with E-state index in [-0.39, 0.29) is 11.4 Å². The highest BCUT2D eigenvalue weighted by Crippen LogP contribution is 2.47. The van der Waals surface area contributed by atoms with Crippen LogP contribution in [-0.4, -0.2) is 21.4 Å². The summed E-state index contributed by atoms with van der Waals surface area (Å²) in [5, 5.41) is 9.59. The first-order valence-corrected chi connectivity index (χ1v) is 12.5. The fraction of sp³-hybridized carbons (Fsp3) is 0.100. The van der Waals surface area contributed by atoms with Crippen LogP contribution in [0.5, 0.6) is 11.5 Å². The third-order valence-corrected chi connectivity index (χ3v) is 6.85. The zero-order chi connectivity index (χ0) is 27.9. The van der Waals surface area contributed by atoms with Crippen molar-refractivity contribution in [3.8, 4) is 22.6 Å². The van der Waals surface area contributed by atoms with Gasteiger partial charge in [-0.3, -0.25) is 9.59 Å². The van der Waals surface area contributed by atoms with Gasteiger partial charge in [0.15, 0.2) is 17.3 Å². The van der Waals surface area contributed by atoms with E-state index in [4.69, 9.17) is 10.5 Å². The summed E-state index contributed by atoms with van der Waals surface area (Å²) in [6, 6.07) is 20.2. The van der Waals surface area contributed by atoms with Crippen molar-refractivity contribution in [2.75, 3.05) is 16.4 Å². The molecule has 1 fully saturated rings. The zero-order valence-corrected chi connectivity index (χ0v) is 21.0. The van der Waals surface area contributed by atoms with Gasteiger partial charge in [-0.05, 0) is 73.0 Å². The van der Waals surface area contributed by atoms with Crippen molar-refractivity contribution in [3.05, 3.63) is 103 Å². The third-order valence-electron chi connectivity index (χ3n) is 6.85. The predicted molar refractivity (Wildman–Crippen MR) is 147 cm³/mol. The predicted octanol–water partition coefficient (Wildman–Crippen LogP) is 6.01. The first kappa shape index (κ1) is 25.1. The molecule has 3 aromatic carbocycles. The van der Waals surface area contributed by atoms with Crippen LogP contribution in [-0.2, 0) is 9.59 Å². The van der Waals surface area contributed by atoms with Crippen molar-refractivity contribution in [2.45, 2.75) is 12.8 Å². The van der Waals surface area contributed by atoms with Crippen LogP contribution in [0.1, 0.15) is 12.8 Å². The van der Waals surface area contributed by atoms with Gasteiger partial charge in [0.2, 0.25) is 11.8 Å². The molecule has 2 heterocycles. The molecule has 10 heteroatoms. The first-order valence-electron chi connectivity index (χ1n) is 12.5. The fourth-order valence-corrected chi connectivity index (χ4v) is 4.53. The molecule has 1 aliphatic rings. The Kier molecular flexibility index (Phi) is 6.14. The molecule has 0 radical (unpaired) electrons. The number of nitrogens with one attached hydrogen (secondary N) is 2. The van der Waals surface area contributed by atoms with E-state index >= 15 is 4.39 Å². The molecule has 0 aliphatic heterocycles. The quantitative estimate of drug-likeness (QED) is 0.173. The number of rotatable bonds is 7. The standard InChI is InChI=1S/C30H23F2N5O3/c31-19-4-6-21(7-5-19)35-28(38)30(12-13-30)29(39)36-22-8-9-25(24(32)17-22)40-26-10-14-34-37-15-11-23(27(26)37)18-2-1-3-20(33)16-18/h1-11,14-17H,12-13,33H2,(H,35,38)(H,36,39). The van der Waals surface area contributed by atoms with Crippen LogP contribution in [0.25, 0.3) is 16.6 Å². The number of hydrogen-bond donors (Lipinski definition) is 3. The summed E-state index contributed by atoms with van der Waals surface area (Å²) in [4.78, 5) is 25.8. The Labute approximate surface area is 227 Å². The molecule has 1 saturated carbocycles. The minimum atomic E-state index is -1.27. The molecule has 5 aromatic rings. The van der Waals surface area contributed by atoms with Crippen LogP contribution < -0.4 is 21.1 Å². The normalized spacial score (nSPS) is 13.6. The summed E-state index contributed by atoms with van der Waals surface area (Å²) in [6.45, 7) is 0. The minimum absolute atomic E-state index is 0.0546. The topological polar surface area (TPSA) is 111 Å². The highest BCUT2D eigenvalue weighted by molar-refractivity contribution is 6.16. The molecule has 4 N–H and O–H groups in total. The fourth-order valence-electron chi connectivity index (χ4n) is 4.53. The van der Waals surface area contributed by atoms with Crippen molar-refractivity contribution in [2.24, 2.45) is 5.41 Å². The maximum absolute atomic E-state index is 15.2. The van der Waals surface area contributed by atoms with E-state index in [1.54, 1.807) is 29.0 Å². The van der Waals surface area contributed by atoms with Crippen LogP contribution in [0.4, 0.5) is 25.8 Å². The van der Waals surface area contributed by atoms with Crippen LogP contribution >= 0.6 is 0 Å². The number of benzene rings is 3. The molecule has 0 saturated heterocycles. The molecule has 0 bridgehead atoms. The number of aromatic nitrogens is 2. The number of anilines is 3. The third kappa shape index (κ3) is 4.71. The minimum Gasteiger partial charge on any atom is -0.452 e. The lowest BCUT2D eigenvalue weighted by Gasteiger charge is -2.16. The Morgan fingerprint density at radius 3 is 2.30 bits per heavy atom. The molecule has 0 unspecified atom stereocenters. The van der Waals surface area contributed by atoms with Gasteiger partial charge in [-0.1, -0.05) is 12.1 Å². The summed E-state index contributed by atoms with van der Waals surface area (Å²) in [5.74, 6) is -1.86. The molecule has 0 spiro atoms. The molecular formula is C30H23F2N5O3. The average Bonchev–Trinajstić information content (AvgIpc) is 3.65. The second-order valence-electron chi connectivity index (χ2n) is 9.59. The number of ether oxygens (including phenoxy) is 1. The van der Waals surface area contributed by atoms with Crippen LogP contribution in [0.3, 0.4) is 0 Å². The molecule has 200 valence electrons. The average molecular weight is 540 g/mol. The Hall–Kier alpha value is -5.25. The van der Waals surface area contributed by atoms with Crippen molar-refractivity contribution in [1.29, 1.82) is 0 Å². The summed E-state index contributed by atoms with van der Waals surface area (Å²) >= 11 is 0. The van der Waals surface area contributed by atoms with Gasteiger partial charge >= 0.3 is 0 Å². The van der Waals surface area contributed by atoms with Crippen molar-refractivity contribution >= 4 is 34.4 Å². The lowest BCUT2D eigenvalue weighted by atomic mass is 10.0. The van der Waals surface area contributed by atoms with Gasteiger partial charge in [0, 0.05) is 41.0 Å². The maximum Gasteiger partial charge on any atom is 0.240 e. The summed E-state index contributed by atoms with van der Waals surface area (Å²) in [5.41, 5.74) is 8.16. The van der Waals surface area contributed by atoms with E-state index in [2.05, 4.69) is 15.7 Å². The molecule has 2 amide bonds. The van der Waals surface area contributed by atoms with E-state index in [1.807, 2.05) is 24.3 Å². The van der Waals surface area contributed by atoms with E-state index in [0.29, 0.717) is 35.5 Å². The number of amides is 2. The van der Waals surface area contributed by atoms with Crippen molar-refractivity contribution in [1.82, 2.24) is 9.61 Å². The maximum atomic E-state index is 15.2. The number of carbonyl (C=O) groups excluding carboxylic acids is 2. The zero-order valence-electron chi connectivity index (χ0n) is 21.0. The molecule has 2 aromatic heterocycles. The summed E-state index contributed by atoms with van der Waals surface area (Å²) in [6.07, 6.45) is 4.01. The molecule has 40 heavy (non-hydrogen) atoms. The molecular weight excluding hydrogens is 516 g/mol. The second kappa shape index (κ2) is 9.81. The van der Waals surface area contributed by atoms with Crippen LogP contribution in [0, 0.1) is 17.0 Å². The van der Waals surface area contributed by atoms with Gasteiger partial charge in [0.05, 0.1) is 6.20 Å². The van der Waals surface area contributed by atoms with Gasteiger partial charge in [0.25, 0.3) is 0 Å². The highest BCUT2D eigenvalue weighted by Gasteiger charge is 2.56. The number of nitrogens with two attached hydrogens (primary N) is 1. The smallest absolute Gasteiger partial charge is 0.240 e. The van der Waals surface area contributed by atoms with E-state index in [0.717, 1.165) is 17.2 Å². The van der Waals surface area contributed by atoms with Crippen molar-refractivity contribution < 1.29 is 23.1 Å². The van der Waals surface area contributed by atoms with Gasteiger partial charge in [-0.25, -0.2) is 13.3 Å². The number of nitrogens with zero attached hydrogens (tertiary/aromatic N) is 2. The van der Waals surface area contributed by atoms with Crippen LogP contribution in [0.15, 0.2) is 91.3 Å². The Balaban J connectivity index is 1.20. The van der Waals surface area contributed by atoms with Gasteiger partial charge < -0.3 is 21.1 Å². The summed E-state index contributed by atoms with van der Waals surface area (Å²) in [7, 11) is 0. The highest BCUT2D eigenvalue weighted by atomic mass is 19.1. The number of hydrogen-bond acceptors (Lipinski definition) is 5. The van der Waals surface area contributed by atoms with E-state index in [9.17, 15) is 14.0 Å². The Morgan fingerprint density at radius 2 is 1.60 bits per heavy atom. The SMILES string of the molecule is Nc1cccc(-c2ccn3nccc(Oc4ccc(NC(=O)C5(C(=O)Nc6ccc(F)cc6)CC5)cc4F)c23)c1. The van der Waals surface area contributed by atoms with Gasteiger partial charge in [-0.2, -0.15) is 5.10 Å². The lowest BCUT2D eigenvalue weighted by Crippen LogP contribution is -2.35. The van der Waals surface area contributed by atoms with E-state index < -0.39 is 28.9 Å². The molecule has 8 nitrogen and oxygen atoms in total. The monoisotopic (exact) mass is 539 g/mol. The Bertz CT molecular complexity index is 1760. The lowest BCUT2D eigenvalue weighted by molar-refractivity contribution is -0.131. The first-order chi connectivity index (χ1) is 19.3. The molecule has 0 atom stereocenters. The van der Waals surface area contributed by atoms with E-state index in [1.165, 1.54) is 36.4 Å². The Morgan fingerprint density at radius 1 is 0.875 bits per heavy atom.